The second-order valence-corrected chi connectivity index (χ2v) is 13.6. The Hall–Kier alpha value is -1.25. The fourth-order valence-electron chi connectivity index (χ4n) is 3.54. The fraction of sp³-hybridized carbons (Fsp3) is 0.667. The van der Waals surface area contributed by atoms with Gasteiger partial charge in [-0.15, -0.1) is 0 Å². The van der Waals surface area contributed by atoms with Crippen molar-refractivity contribution >= 4 is 14.3 Å². The van der Waals surface area contributed by atoms with Crippen LogP contribution >= 0.6 is 0 Å². The van der Waals surface area contributed by atoms with Gasteiger partial charge in [-0.3, -0.25) is 0 Å². The van der Waals surface area contributed by atoms with Gasteiger partial charge in [-0.25, -0.2) is 4.79 Å². The lowest BCUT2D eigenvalue weighted by molar-refractivity contribution is -0.321. The zero-order chi connectivity index (χ0) is 20.7. The maximum absolute atomic E-state index is 12.1. The lowest BCUT2D eigenvalue weighted by Gasteiger charge is -2.51. The third kappa shape index (κ3) is 3.91. The number of fused-ring (bicyclic) bond motifs is 3. The fourth-order valence-corrected chi connectivity index (χ4v) is 6.00. The highest BCUT2D eigenvalue weighted by Crippen LogP contribution is 2.46. The molecule has 156 valence electrons. The SMILES string of the molecule is CC(C)C(C)(C)[Si](C)(C)O[C@H]1O[C@H]2C(=O)O[C@@H]1[C@@H](OCc1ccccc1)[C@@H]2O. The van der Waals surface area contributed by atoms with Crippen molar-refractivity contribution in [1.29, 1.82) is 0 Å². The first kappa shape index (κ1) is 21.5. The van der Waals surface area contributed by atoms with Crippen LogP contribution in [0.25, 0.3) is 0 Å². The number of carbonyl (C=O) groups excluding carboxylic acids is 1. The monoisotopic (exact) mass is 408 g/mol. The lowest BCUT2D eigenvalue weighted by Crippen LogP contribution is -2.69. The van der Waals surface area contributed by atoms with Crippen LogP contribution in [0.4, 0.5) is 0 Å². The number of rotatable bonds is 7. The molecule has 3 heterocycles. The Bertz CT molecular complexity index is 689. The Balaban J connectivity index is 1.76. The number of hydrogen-bond donors (Lipinski definition) is 1. The predicted octanol–water partition coefficient (Wildman–Crippen LogP) is 3.24. The van der Waals surface area contributed by atoms with E-state index in [1.165, 1.54) is 0 Å². The van der Waals surface area contributed by atoms with E-state index in [9.17, 15) is 9.90 Å². The molecule has 0 radical (unpaired) electrons. The van der Waals surface area contributed by atoms with Crippen LogP contribution in [0, 0.1) is 5.92 Å². The Morgan fingerprint density at radius 3 is 2.46 bits per heavy atom. The zero-order valence-electron chi connectivity index (χ0n) is 17.5. The van der Waals surface area contributed by atoms with Gasteiger partial charge < -0.3 is 23.7 Å². The van der Waals surface area contributed by atoms with E-state index >= 15 is 0 Å². The van der Waals surface area contributed by atoms with Crippen LogP contribution in [-0.4, -0.2) is 50.1 Å². The predicted molar refractivity (Wildman–Crippen MR) is 107 cm³/mol. The second kappa shape index (κ2) is 7.87. The van der Waals surface area contributed by atoms with Crippen molar-refractivity contribution in [3.05, 3.63) is 35.9 Å². The first-order valence-corrected chi connectivity index (χ1v) is 12.8. The summed E-state index contributed by atoms with van der Waals surface area (Å²) in [5, 5.41) is 10.6. The number of hydrogen-bond acceptors (Lipinski definition) is 6. The first-order chi connectivity index (χ1) is 13.0. The zero-order valence-corrected chi connectivity index (χ0v) is 18.5. The molecule has 1 aromatic rings. The largest absolute Gasteiger partial charge is 0.452 e. The number of benzene rings is 1. The van der Waals surface area contributed by atoms with Gasteiger partial charge in [0.15, 0.2) is 26.8 Å². The summed E-state index contributed by atoms with van der Waals surface area (Å²) in [6.45, 7) is 13.4. The van der Waals surface area contributed by atoms with E-state index in [0.29, 0.717) is 12.5 Å². The molecule has 4 rings (SSSR count). The number of carbonyl (C=O) groups is 1. The van der Waals surface area contributed by atoms with E-state index in [0.717, 1.165) is 5.56 Å². The molecule has 3 fully saturated rings. The van der Waals surface area contributed by atoms with Gasteiger partial charge in [-0.1, -0.05) is 58.0 Å². The lowest BCUT2D eigenvalue weighted by atomic mass is 9.95. The first-order valence-electron chi connectivity index (χ1n) is 9.92. The molecule has 3 saturated heterocycles. The second-order valence-electron chi connectivity index (χ2n) is 9.08. The summed E-state index contributed by atoms with van der Waals surface area (Å²) in [7, 11) is -2.23. The van der Waals surface area contributed by atoms with E-state index < -0.39 is 45.0 Å². The van der Waals surface area contributed by atoms with Gasteiger partial charge in [-0.05, 0) is 29.6 Å². The standard InChI is InChI=1S/C21H32O6Si/c1-13(2)21(3,4)28(5,6)27-20-18-16(15(22)17(26-20)19(23)25-18)24-12-14-10-8-7-9-11-14/h7-11,13,15-18,20,22H,12H2,1-6H3/t15-,16-,17+,18+,20+/m0/s1. The normalized spacial score (nSPS) is 30.6. The van der Waals surface area contributed by atoms with Gasteiger partial charge >= 0.3 is 5.97 Å². The van der Waals surface area contributed by atoms with Crippen molar-refractivity contribution in [3.8, 4) is 0 Å². The average molecular weight is 409 g/mol. The van der Waals surface area contributed by atoms with E-state index in [1.807, 2.05) is 30.3 Å². The molecule has 3 aliphatic rings. The van der Waals surface area contributed by atoms with E-state index in [1.54, 1.807) is 0 Å². The van der Waals surface area contributed by atoms with Crippen molar-refractivity contribution in [3.63, 3.8) is 0 Å². The number of aliphatic hydroxyl groups excluding tert-OH is 1. The molecule has 7 heteroatoms. The van der Waals surface area contributed by atoms with Crippen molar-refractivity contribution < 1.29 is 28.5 Å². The highest BCUT2D eigenvalue weighted by atomic mass is 28.4. The minimum Gasteiger partial charge on any atom is -0.452 e. The Morgan fingerprint density at radius 2 is 1.86 bits per heavy atom. The van der Waals surface area contributed by atoms with Crippen LogP contribution in [-0.2, 0) is 30.0 Å². The van der Waals surface area contributed by atoms with Gasteiger partial charge in [-0.2, -0.15) is 0 Å². The van der Waals surface area contributed by atoms with Gasteiger partial charge in [0.05, 0.1) is 6.61 Å². The third-order valence-electron chi connectivity index (χ3n) is 6.70. The maximum atomic E-state index is 12.1. The molecular formula is C21H32O6Si. The van der Waals surface area contributed by atoms with Crippen molar-refractivity contribution in [2.24, 2.45) is 5.92 Å². The molecule has 0 unspecified atom stereocenters. The molecule has 6 nitrogen and oxygen atoms in total. The van der Waals surface area contributed by atoms with Crippen LogP contribution in [0.2, 0.25) is 18.1 Å². The summed E-state index contributed by atoms with van der Waals surface area (Å²) < 4.78 is 23.8. The highest BCUT2D eigenvalue weighted by molar-refractivity contribution is 6.74. The number of ether oxygens (including phenoxy) is 3. The molecule has 1 N–H and O–H groups in total. The molecule has 0 saturated carbocycles. The summed E-state index contributed by atoms with van der Waals surface area (Å²) in [4.78, 5) is 12.1. The third-order valence-corrected chi connectivity index (χ3v) is 11.2. The summed E-state index contributed by atoms with van der Waals surface area (Å²) in [5.41, 5.74) is 0.983. The van der Waals surface area contributed by atoms with Crippen LogP contribution in [0.15, 0.2) is 30.3 Å². The molecular weight excluding hydrogens is 376 g/mol. The molecule has 0 aliphatic carbocycles. The Kier molecular flexibility index (Phi) is 6.03. The van der Waals surface area contributed by atoms with Crippen LogP contribution in [0.3, 0.4) is 0 Å². The molecule has 0 spiro atoms. The Labute approximate surface area is 168 Å². The van der Waals surface area contributed by atoms with Crippen molar-refractivity contribution in [2.45, 2.75) is 83.1 Å². The molecule has 1 aromatic carbocycles. The minimum atomic E-state index is -2.23. The van der Waals surface area contributed by atoms with Gasteiger partial charge in [0.25, 0.3) is 0 Å². The van der Waals surface area contributed by atoms with Gasteiger partial charge in [0.1, 0.15) is 12.2 Å². The van der Waals surface area contributed by atoms with Crippen LogP contribution in [0.1, 0.15) is 33.3 Å². The van der Waals surface area contributed by atoms with E-state index in [-0.39, 0.29) is 5.04 Å². The topological polar surface area (TPSA) is 74.2 Å². The molecule has 2 bridgehead atoms. The molecule has 5 atom stereocenters. The van der Waals surface area contributed by atoms with Gasteiger partial charge in [0, 0.05) is 0 Å². The van der Waals surface area contributed by atoms with Crippen LogP contribution < -0.4 is 0 Å². The van der Waals surface area contributed by atoms with E-state index in [4.69, 9.17) is 18.6 Å². The van der Waals surface area contributed by atoms with Crippen molar-refractivity contribution in [2.75, 3.05) is 0 Å². The maximum Gasteiger partial charge on any atom is 0.338 e. The van der Waals surface area contributed by atoms with Gasteiger partial charge in [0.2, 0.25) is 0 Å². The number of aliphatic hydroxyl groups is 1. The molecule has 3 aliphatic heterocycles. The summed E-state index contributed by atoms with van der Waals surface area (Å²) in [6.07, 6.45) is -4.36. The molecule has 0 aromatic heterocycles. The minimum absolute atomic E-state index is 0.0178. The number of esters is 1. The highest BCUT2D eigenvalue weighted by Gasteiger charge is 2.59. The summed E-state index contributed by atoms with van der Waals surface area (Å²) >= 11 is 0. The summed E-state index contributed by atoms with van der Waals surface area (Å²) in [6, 6.07) is 9.69. The van der Waals surface area contributed by atoms with Crippen molar-refractivity contribution in [1.82, 2.24) is 0 Å². The molecule has 0 amide bonds. The van der Waals surface area contributed by atoms with Crippen LogP contribution in [0.5, 0.6) is 0 Å². The average Bonchev–Trinajstić information content (AvgIpc) is 2.63. The molecule has 28 heavy (non-hydrogen) atoms. The Morgan fingerprint density at radius 1 is 1.21 bits per heavy atom. The van der Waals surface area contributed by atoms with E-state index in [2.05, 4.69) is 40.8 Å². The smallest absolute Gasteiger partial charge is 0.338 e. The quantitative estimate of drug-likeness (QED) is 0.551. The summed E-state index contributed by atoms with van der Waals surface area (Å²) in [5.74, 6) is -0.132.